The first-order valence-corrected chi connectivity index (χ1v) is 11.3. The number of esters is 2. The number of nitrogens with zero attached hydrogens (tertiary/aromatic N) is 1. The zero-order valence-electron chi connectivity index (χ0n) is 17.4. The SMILES string of the molecule is Cc1ccc2c(Cl)c(C3=N/C(=C/c4ccccc4OC(=O)c4ccccc4)C(=O)O3)sc2c1. The smallest absolute Gasteiger partial charge is 0.363 e. The molecule has 0 atom stereocenters. The number of aryl methyl sites for hydroxylation is 1. The fraction of sp³-hybridized carbons (Fsp3) is 0.0385. The van der Waals surface area contributed by atoms with E-state index in [2.05, 4.69) is 4.99 Å². The maximum absolute atomic E-state index is 12.5. The van der Waals surface area contributed by atoms with E-state index in [1.54, 1.807) is 48.5 Å². The highest BCUT2D eigenvalue weighted by molar-refractivity contribution is 7.21. The first-order valence-electron chi connectivity index (χ1n) is 10.1. The van der Waals surface area contributed by atoms with E-state index in [1.165, 1.54) is 17.4 Å². The molecule has 0 unspecified atom stereocenters. The molecular weight excluding hydrogens is 458 g/mol. The lowest BCUT2D eigenvalue weighted by atomic mass is 10.1. The number of carbonyl (C=O) groups excluding carboxylic acids is 2. The molecule has 0 fully saturated rings. The number of benzene rings is 3. The number of fused-ring (bicyclic) bond motifs is 1. The molecule has 162 valence electrons. The maximum Gasteiger partial charge on any atom is 0.363 e. The zero-order chi connectivity index (χ0) is 22.9. The van der Waals surface area contributed by atoms with Gasteiger partial charge in [0.05, 0.1) is 10.6 Å². The number of cyclic esters (lactones) is 1. The van der Waals surface area contributed by atoms with E-state index in [0.29, 0.717) is 26.8 Å². The molecule has 5 nitrogen and oxygen atoms in total. The molecule has 2 heterocycles. The number of carbonyl (C=O) groups is 2. The number of ether oxygens (including phenoxy) is 2. The molecule has 0 bridgehead atoms. The molecule has 0 spiro atoms. The Bertz CT molecular complexity index is 1470. The standard InChI is InChI=1S/C26H16ClNO4S/c1-15-11-12-18-21(13-15)33-23(22(18)27)24-28-19(26(30)32-24)14-17-9-5-6-10-20(17)31-25(29)16-7-3-2-4-8-16/h2-14H,1H3/b19-14+. The van der Waals surface area contributed by atoms with Crippen molar-refractivity contribution >= 4 is 56.9 Å². The predicted molar refractivity (Wildman–Crippen MR) is 130 cm³/mol. The average molecular weight is 474 g/mol. The number of para-hydroxylation sites is 1. The quantitative estimate of drug-likeness (QED) is 0.195. The first-order chi connectivity index (χ1) is 16.0. The van der Waals surface area contributed by atoms with E-state index in [1.807, 2.05) is 31.2 Å². The minimum absolute atomic E-state index is 0.0953. The van der Waals surface area contributed by atoms with Crippen LogP contribution in [0.1, 0.15) is 26.4 Å². The molecule has 0 saturated carbocycles. The van der Waals surface area contributed by atoms with Crippen LogP contribution >= 0.6 is 22.9 Å². The van der Waals surface area contributed by atoms with Gasteiger partial charge < -0.3 is 9.47 Å². The van der Waals surface area contributed by atoms with Crippen molar-refractivity contribution in [3.63, 3.8) is 0 Å². The lowest BCUT2D eigenvalue weighted by molar-refractivity contribution is -0.129. The van der Waals surface area contributed by atoms with Crippen LogP contribution in [0.25, 0.3) is 16.2 Å². The second-order valence-electron chi connectivity index (χ2n) is 7.37. The first kappa shape index (κ1) is 21.1. The molecule has 0 radical (unpaired) electrons. The number of halogens is 1. The summed E-state index contributed by atoms with van der Waals surface area (Å²) in [6, 6.07) is 21.5. The van der Waals surface area contributed by atoms with Crippen molar-refractivity contribution in [2.75, 3.05) is 0 Å². The van der Waals surface area contributed by atoms with Crippen molar-refractivity contribution in [2.45, 2.75) is 6.92 Å². The second kappa shape index (κ2) is 8.65. The third-order valence-electron chi connectivity index (χ3n) is 5.02. The van der Waals surface area contributed by atoms with Crippen molar-refractivity contribution < 1.29 is 19.1 Å². The maximum atomic E-state index is 12.5. The Morgan fingerprint density at radius 1 is 1.06 bits per heavy atom. The highest BCUT2D eigenvalue weighted by atomic mass is 35.5. The van der Waals surface area contributed by atoms with E-state index < -0.39 is 11.9 Å². The van der Waals surface area contributed by atoms with Crippen LogP contribution in [0.3, 0.4) is 0 Å². The fourth-order valence-electron chi connectivity index (χ4n) is 3.39. The van der Waals surface area contributed by atoms with Gasteiger partial charge in [-0.3, -0.25) is 0 Å². The molecule has 3 aromatic carbocycles. The third-order valence-corrected chi connectivity index (χ3v) is 6.67. The van der Waals surface area contributed by atoms with Crippen LogP contribution in [0.2, 0.25) is 5.02 Å². The Morgan fingerprint density at radius 3 is 2.64 bits per heavy atom. The molecule has 33 heavy (non-hydrogen) atoms. The Hall–Kier alpha value is -3.74. The second-order valence-corrected chi connectivity index (χ2v) is 8.80. The van der Waals surface area contributed by atoms with Gasteiger partial charge in [0.1, 0.15) is 10.6 Å². The summed E-state index contributed by atoms with van der Waals surface area (Å²) in [6.07, 6.45) is 1.54. The highest BCUT2D eigenvalue weighted by Crippen LogP contribution is 2.38. The van der Waals surface area contributed by atoms with E-state index >= 15 is 0 Å². The Kier molecular flexibility index (Phi) is 5.54. The van der Waals surface area contributed by atoms with Gasteiger partial charge in [-0.2, -0.15) is 0 Å². The molecule has 0 amide bonds. The predicted octanol–water partition coefficient (Wildman–Crippen LogP) is 6.43. The average Bonchev–Trinajstić information content (AvgIpc) is 3.34. The van der Waals surface area contributed by atoms with Crippen molar-refractivity contribution in [3.05, 3.63) is 105 Å². The molecule has 1 aliphatic rings. The van der Waals surface area contributed by atoms with Gasteiger partial charge in [0.2, 0.25) is 5.90 Å². The van der Waals surface area contributed by atoms with E-state index in [-0.39, 0.29) is 11.6 Å². The minimum Gasteiger partial charge on any atom is -0.422 e. The molecular formula is C26H16ClNO4S. The van der Waals surface area contributed by atoms with E-state index in [4.69, 9.17) is 21.1 Å². The number of rotatable bonds is 4. The summed E-state index contributed by atoms with van der Waals surface area (Å²) in [5.41, 5.74) is 2.16. The van der Waals surface area contributed by atoms with Gasteiger partial charge in [-0.05, 0) is 42.8 Å². The van der Waals surface area contributed by atoms with Crippen molar-refractivity contribution in [2.24, 2.45) is 4.99 Å². The summed E-state index contributed by atoms with van der Waals surface area (Å²) >= 11 is 7.97. The molecule has 1 aromatic heterocycles. The Balaban J connectivity index is 1.48. The summed E-state index contributed by atoms with van der Waals surface area (Å²) in [6.45, 7) is 2.00. The van der Waals surface area contributed by atoms with Crippen molar-refractivity contribution in [3.8, 4) is 5.75 Å². The van der Waals surface area contributed by atoms with Crippen LogP contribution in [0.4, 0.5) is 0 Å². The van der Waals surface area contributed by atoms with Crippen LogP contribution in [-0.2, 0) is 9.53 Å². The van der Waals surface area contributed by atoms with E-state index in [9.17, 15) is 9.59 Å². The van der Waals surface area contributed by atoms with Crippen LogP contribution in [0.5, 0.6) is 5.75 Å². The van der Waals surface area contributed by atoms with Gasteiger partial charge >= 0.3 is 11.9 Å². The number of aliphatic imine (C=N–C) groups is 1. The summed E-state index contributed by atoms with van der Waals surface area (Å²) in [5.74, 6) is -0.620. The van der Waals surface area contributed by atoms with Crippen LogP contribution in [-0.4, -0.2) is 17.8 Å². The largest absolute Gasteiger partial charge is 0.422 e. The molecule has 0 N–H and O–H groups in total. The minimum atomic E-state index is -0.598. The number of hydrogen-bond donors (Lipinski definition) is 0. The number of hydrogen-bond acceptors (Lipinski definition) is 6. The van der Waals surface area contributed by atoms with Gasteiger partial charge in [-0.25, -0.2) is 14.6 Å². The van der Waals surface area contributed by atoms with Gasteiger partial charge in [0.25, 0.3) is 0 Å². The number of thiophene rings is 1. The van der Waals surface area contributed by atoms with Crippen LogP contribution < -0.4 is 4.74 Å². The van der Waals surface area contributed by atoms with Gasteiger partial charge in [-0.1, -0.05) is 60.1 Å². The summed E-state index contributed by atoms with van der Waals surface area (Å²) in [7, 11) is 0. The Labute approximate surface area is 198 Å². The summed E-state index contributed by atoms with van der Waals surface area (Å²) in [4.78, 5) is 30.0. The molecule has 1 aliphatic heterocycles. The topological polar surface area (TPSA) is 65.0 Å². The zero-order valence-corrected chi connectivity index (χ0v) is 18.9. The molecule has 0 aliphatic carbocycles. The monoisotopic (exact) mass is 473 g/mol. The lowest BCUT2D eigenvalue weighted by Gasteiger charge is -2.07. The normalized spacial score (nSPS) is 14.4. The lowest BCUT2D eigenvalue weighted by Crippen LogP contribution is -2.09. The van der Waals surface area contributed by atoms with Gasteiger partial charge in [0, 0.05) is 15.6 Å². The van der Waals surface area contributed by atoms with Crippen LogP contribution in [0.15, 0.2) is 83.5 Å². The Morgan fingerprint density at radius 2 is 1.82 bits per heavy atom. The van der Waals surface area contributed by atoms with Crippen molar-refractivity contribution in [1.82, 2.24) is 0 Å². The van der Waals surface area contributed by atoms with E-state index in [0.717, 1.165) is 15.6 Å². The third kappa shape index (κ3) is 4.18. The fourth-order valence-corrected chi connectivity index (χ4v) is 4.93. The van der Waals surface area contributed by atoms with Crippen molar-refractivity contribution in [1.29, 1.82) is 0 Å². The molecule has 5 rings (SSSR count). The van der Waals surface area contributed by atoms with Crippen LogP contribution in [0, 0.1) is 6.92 Å². The molecule has 4 aromatic rings. The summed E-state index contributed by atoms with van der Waals surface area (Å²) in [5, 5.41) is 1.39. The highest BCUT2D eigenvalue weighted by Gasteiger charge is 2.28. The summed E-state index contributed by atoms with van der Waals surface area (Å²) < 4.78 is 12.0. The molecule has 0 saturated heterocycles. The molecule has 7 heteroatoms. The van der Waals surface area contributed by atoms with Gasteiger partial charge in [-0.15, -0.1) is 11.3 Å². The van der Waals surface area contributed by atoms with Gasteiger partial charge in [0.15, 0.2) is 5.70 Å².